The van der Waals surface area contributed by atoms with Crippen molar-refractivity contribution in [1.29, 1.82) is 0 Å². The highest BCUT2D eigenvalue weighted by molar-refractivity contribution is 5.84. The highest BCUT2D eigenvalue weighted by Crippen LogP contribution is 2.40. The fourth-order valence-corrected chi connectivity index (χ4v) is 2.08. The van der Waals surface area contributed by atoms with Gasteiger partial charge in [-0.3, -0.25) is 4.79 Å². The zero-order chi connectivity index (χ0) is 6.43. The lowest BCUT2D eigenvalue weighted by molar-refractivity contribution is -0.121. The summed E-state index contributed by atoms with van der Waals surface area (Å²) in [4.78, 5) is 10.9. The minimum Gasteiger partial charge on any atom is -0.327 e. The van der Waals surface area contributed by atoms with Gasteiger partial charge in [-0.15, -0.1) is 0 Å². The number of carbonyl (C=O) groups excluding carboxylic acids is 1. The molecule has 3 atom stereocenters. The van der Waals surface area contributed by atoms with E-state index in [2.05, 4.69) is 0 Å². The van der Waals surface area contributed by atoms with Crippen LogP contribution in [0.4, 0.5) is 0 Å². The predicted molar refractivity (Wildman–Crippen MR) is 33.8 cm³/mol. The van der Waals surface area contributed by atoms with Crippen molar-refractivity contribution < 1.29 is 4.79 Å². The number of carbonyl (C=O) groups is 1. The van der Waals surface area contributed by atoms with E-state index >= 15 is 0 Å². The van der Waals surface area contributed by atoms with Crippen molar-refractivity contribution in [1.82, 2.24) is 0 Å². The largest absolute Gasteiger partial charge is 0.327 e. The first-order chi connectivity index (χ1) is 4.27. The van der Waals surface area contributed by atoms with Gasteiger partial charge in [0.1, 0.15) is 5.78 Å². The molecule has 2 N–H and O–H groups in total. The van der Waals surface area contributed by atoms with Crippen molar-refractivity contribution in [2.45, 2.75) is 25.3 Å². The van der Waals surface area contributed by atoms with Gasteiger partial charge in [-0.05, 0) is 18.8 Å². The summed E-state index contributed by atoms with van der Waals surface area (Å²) in [5, 5.41) is 0. The molecule has 50 valence electrons. The molecule has 2 nitrogen and oxygen atoms in total. The van der Waals surface area contributed by atoms with Crippen molar-refractivity contribution in [2.75, 3.05) is 0 Å². The number of Topliss-reactive ketones (excluding diaryl/α,β-unsaturated/α-hetero) is 1. The summed E-state index contributed by atoms with van der Waals surface area (Å²) in [6, 6.07) is 0.340. The minimum atomic E-state index is 0.340. The highest BCUT2D eigenvalue weighted by atomic mass is 16.1. The van der Waals surface area contributed by atoms with Gasteiger partial charge in [-0.1, -0.05) is 0 Å². The number of hydrogen-bond acceptors (Lipinski definition) is 2. The Balaban J connectivity index is 2.19. The Morgan fingerprint density at radius 3 is 2.56 bits per heavy atom. The Kier molecular flexibility index (Phi) is 0.943. The highest BCUT2D eigenvalue weighted by Gasteiger charge is 2.43. The van der Waals surface area contributed by atoms with Gasteiger partial charge in [-0.25, -0.2) is 0 Å². The van der Waals surface area contributed by atoms with Crippen LogP contribution in [0, 0.1) is 11.8 Å². The van der Waals surface area contributed by atoms with Crippen molar-refractivity contribution in [3.63, 3.8) is 0 Å². The second-order valence-corrected chi connectivity index (χ2v) is 3.26. The first-order valence-electron chi connectivity index (χ1n) is 3.55. The van der Waals surface area contributed by atoms with E-state index in [0.29, 0.717) is 23.7 Å². The van der Waals surface area contributed by atoms with Gasteiger partial charge in [0.25, 0.3) is 0 Å². The van der Waals surface area contributed by atoms with E-state index in [4.69, 9.17) is 5.73 Å². The van der Waals surface area contributed by atoms with Crippen molar-refractivity contribution >= 4 is 5.78 Å². The van der Waals surface area contributed by atoms with E-state index in [1.54, 1.807) is 0 Å². The lowest BCUT2D eigenvalue weighted by atomic mass is 9.95. The maximum atomic E-state index is 10.9. The molecule has 2 bridgehead atoms. The van der Waals surface area contributed by atoms with E-state index in [-0.39, 0.29) is 0 Å². The number of hydrogen-bond donors (Lipinski definition) is 1. The van der Waals surface area contributed by atoms with Crippen LogP contribution in [-0.4, -0.2) is 11.8 Å². The first kappa shape index (κ1) is 5.42. The Morgan fingerprint density at radius 1 is 1.44 bits per heavy atom. The molecule has 0 amide bonds. The first-order valence-corrected chi connectivity index (χ1v) is 3.55. The Hall–Kier alpha value is -0.370. The maximum Gasteiger partial charge on any atom is 0.136 e. The molecule has 0 aromatic carbocycles. The van der Waals surface area contributed by atoms with Crippen molar-refractivity contribution in [3.05, 3.63) is 0 Å². The molecule has 2 rings (SSSR count). The van der Waals surface area contributed by atoms with Gasteiger partial charge < -0.3 is 5.73 Å². The van der Waals surface area contributed by atoms with E-state index in [9.17, 15) is 4.79 Å². The SMILES string of the molecule is N[C@@H]1C[C@H]2C[C@@H]1CC2=O. The van der Waals surface area contributed by atoms with Crippen LogP contribution in [0.3, 0.4) is 0 Å². The summed E-state index contributed by atoms with van der Waals surface area (Å²) in [5.41, 5.74) is 5.73. The maximum absolute atomic E-state index is 10.9. The van der Waals surface area contributed by atoms with Crippen LogP contribution < -0.4 is 5.73 Å². The smallest absolute Gasteiger partial charge is 0.136 e. The predicted octanol–water partition coefficient (Wildman–Crippen LogP) is 0.313. The van der Waals surface area contributed by atoms with Crippen LogP contribution in [0.2, 0.25) is 0 Å². The third-order valence-electron chi connectivity index (χ3n) is 2.67. The minimum absolute atomic E-state index is 0.340. The van der Waals surface area contributed by atoms with Gasteiger partial charge in [0.2, 0.25) is 0 Å². The average Bonchev–Trinajstić information content (AvgIpc) is 2.24. The summed E-state index contributed by atoms with van der Waals surface area (Å²) in [7, 11) is 0. The lowest BCUT2D eigenvalue weighted by Gasteiger charge is -2.14. The fraction of sp³-hybridized carbons (Fsp3) is 0.857. The lowest BCUT2D eigenvalue weighted by Crippen LogP contribution is -2.29. The monoisotopic (exact) mass is 125 g/mol. The molecule has 2 heteroatoms. The van der Waals surface area contributed by atoms with Crippen LogP contribution in [0.1, 0.15) is 19.3 Å². The molecule has 0 spiro atoms. The molecule has 0 aromatic heterocycles. The molecule has 2 saturated carbocycles. The summed E-state index contributed by atoms with van der Waals surface area (Å²) in [5.74, 6) is 1.36. The molecular weight excluding hydrogens is 114 g/mol. The quantitative estimate of drug-likeness (QED) is 0.506. The third kappa shape index (κ3) is 0.628. The second kappa shape index (κ2) is 1.57. The van der Waals surface area contributed by atoms with Crippen LogP contribution in [0.15, 0.2) is 0 Å². The molecule has 2 fully saturated rings. The molecule has 0 aliphatic heterocycles. The number of fused-ring (bicyclic) bond motifs is 2. The van der Waals surface area contributed by atoms with E-state index in [1.165, 1.54) is 0 Å². The van der Waals surface area contributed by atoms with E-state index < -0.39 is 0 Å². The molecule has 2 aliphatic rings. The topological polar surface area (TPSA) is 43.1 Å². The molecule has 9 heavy (non-hydrogen) atoms. The normalized spacial score (nSPS) is 48.6. The molecule has 0 heterocycles. The molecule has 0 radical (unpaired) electrons. The fourth-order valence-electron chi connectivity index (χ4n) is 2.08. The van der Waals surface area contributed by atoms with Crippen LogP contribution in [0.5, 0.6) is 0 Å². The van der Waals surface area contributed by atoms with Crippen LogP contribution in [-0.2, 0) is 4.79 Å². The molecule has 0 aromatic rings. The number of nitrogens with two attached hydrogens (primary N) is 1. The standard InChI is InChI=1S/C7H11NO/c8-6-2-5-1-4(6)3-7(5)9/h4-6H,1-3,8H2/t4-,5-,6-/m1/s1. The summed E-state index contributed by atoms with van der Waals surface area (Å²) < 4.78 is 0. The van der Waals surface area contributed by atoms with E-state index in [0.717, 1.165) is 19.3 Å². The van der Waals surface area contributed by atoms with E-state index in [1.807, 2.05) is 0 Å². The van der Waals surface area contributed by atoms with Gasteiger partial charge >= 0.3 is 0 Å². The van der Waals surface area contributed by atoms with Crippen molar-refractivity contribution in [3.8, 4) is 0 Å². The van der Waals surface area contributed by atoms with Crippen molar-refractivity contribution in [2.24, 2.45) is 17.6 Å². The van der Waals surface area contributed by atoms with Gasteiger partial charge in [0.05, 0.1) is 0 Å². The Bertz CT molecular complexity index is 153. The Labute approximate surface area is 54.4 Å². The molecule has 2 aliphatic carbocycles. The Morgan fingerprint density at radius 2 is 2.22 bits per heavy atom. The second-order valence-electron chi connectivity index (χ2n) is 3.26. The number of ketones is 1. The summed E-state index contributed by atoms with van der Waals surface area (Å²) in [6.45, 7) is 0. The number of rotatable bonds is 0. The molecular formula is C7H11NO. The zero-order valence-electron chi connectivity index (χ0n) is 5.34. The zero-order valence-corrected chi connectivity index (χ0v) is 5.34. The summed E-state index contributed by atoms with van der Waals surface area (Å²) >= 11 is 0. The summed E-state index contributed by atoms with van der Waals surface area (Å²) in [6.07, 6.45) is 2.81. The van der Waals surface area contributed by atoms with Gasteiger partial charge in [0, 0.05) is 18.4 Å². The molecule has 0 saturated heterocycles. The average molecular weight is 125 g/mol. The third-order valence-corrected chi connectivity index (χ3v) is 2.67. The van der Waals surface area contributed by atoms with Gasteiger partial charge in [-0.2, -0.15) is 0 Å². The molecule has 0 unspecified atom stereocenters. The van der Waals surface area contributed by atoms with Crippen LogP contribution >= 0.6 is 0 Å². The van der Waals surface area contributed by atoms with Crippen LogP contribution in [0.25, 0.3) is 0 Å². The van der Waals surface area contributed by atoms with Gasteiger partial charge in [0.15, 0.2) is 0 Å².